The van der Waals surface area contributed by atoms with E-state index in [1.165, 1.54) is 0 Å². The second kappa shape index (κ2) is 16.3. The molecule has 0 saturated carbocycles. The molecule has 0 bridgehead atoms. The van der Waals surface area contributed by atoms with E-state index < -0.39 is 48.2 Å². The molecule has 184 valence electrons. The molecule has 32 heavy (non-hydrogen) atoms. The van der Waals surface area contributed by atoms with Crippen molar-refractivity contribution in [2.75, 3.05) is 13.2 Å². The van der Waals surface area contributed by atoms with Gasteiger partial charge in [-0.3, -0.25) is 14.6 Å². The van der Waals surface area contributed by atoms with Crippen LogP contribution >= 0.6 is 12.0 Å². The maximum Gasteiger partial charge on any atom is 1.00 e. The molecule has 0 radical (unpaired) electrons. The summed E-state index contributed by atoms with van der Waals surface area (Å²) in [6.07, 6.45) is -2.27. The van der Waals surface area contributed by atoms with Gasteiger partial charge in [-0.15, -0.1) is 0 Å². The first-order valence-corrected chi connectivity index (χ1v) is 9.87. The Morgan fingerprint density at radius 2 is 1.50 bits per heavy atom. The fourth-order valence-corrected chi connectivity index (χ4v) is 2.53. The maximum atomic E-state index is 13.2. The first-order chi connectivity index (χ1) is 14.3. The van der Waals surface area contributed by atoms with Gasteiger partial charge in [-0.05, 0) is 6.42 Å². The average Bonchev–Trinajstić information content (AvgIpc) is 2.67. The molecule has 1 unspecified atom stereocenters. The number of hydrogen-bond donors (Lipinski definition) is 0. The van der Waals surface area contributed by atoms with Crippen molar-refractivity contribution in [1.29, 1.82) is 0 Å². The largest absolute Gasteiger partial charge is 1.00 e. The van der Waals surface area contributed by atoms with Crippen LogP contribution < -0.4 is 34.8 Å². The summed E-state index contributed by atoms with van der Waals surface area (Å²) < 4.78 is 101. The summed E-state index contributed by atoms with van der Waals surface area (Å²) in [6.45, 7) is -0.640. The van der Waals surface area contributed by atoms with E-state index in [9.17, 15) is 45.6 Å². The van der Waals surface area contributed by atoms with Crippen molar-refractivity contribution in [1.82, 2.24) is 0 Å². The minimum Gasteiger partial charge on any atom is -0.691 e. The van der Waals surface area contributed by atoms with Crippen molar-refractivity contribution < 1.29 is 94.0 Å². The molecule has 0 spiro atoms. The Bertz CT molecular complexity index is 553. The standard InChI is InChI=1S/C16H23F7O7S.Na/c1-2-3-4-5-6-7-8-27-12(24)9-11(31-30-29-26)13(25)28-10-14(17,18)15(19,20)16(21,22)23;/h11,26H,2-10H2,1H3;/q;+1/p-1. The summed E-state index contributed by atoms with van der Waals surface area (Å²) in [5.74, 6) is -15.1. The number of esters is 2. The van der Waals surface area contributed by atoms with E-state index >= 15 is 0 Å². The summed E-state index contributed by atoms with van der Waals surface area (Å²) >= 11 is -0.190. The number of hydrogen-bond acceptors (Lipinski definition) is 8. The van der Waals surface area contributed by atoms with Gasteiger partial charge in [0, 0.05) is 12.0 Å². The summed E-state index contributed by atoms with van der Waals surface area (Å²) in [7, 11) is 0. The molecule has 0 fully saturated rings. The van der Waals surface area contributed by atoms with E-state index in [1.807, 2.05) is 6.92 Å². The number of carbonyl (C=O) groups is 2. The number of carbonyl (C=O) groups excluding carboxylic acids is 2. The smallest absolute Gasteiger partial charge is 0.691 e. The molecule has 0 saturated heterocycles. The average molecular weight is 514 g/mol. The predicted molar refractivity (Wildman–Crippen MR) is 89.4 cm³/mol. The third kappa shape index (κ3) is 12.2. The summed E-state index contributed by atoms with van der Waals surface area (Å²) in [5, 5.41) is 10.9. The molecular formula is C16H22F7NaO7S. The van der Waals surface area contributed by atoms with Crippen LogP contribution in [0, 0.1) is 0 Å². The zero-order valence-electron chi connectivity index (χ0n) is 17.4. The van der Waals surface area contributed by atoms with Gasteiger partial charge in [-0.1, -0.05) is 39.0 Å². The van der Waals surface area contributed by atoms with Crippen LogP contribution in [0.4, 0.5) is 30.7 Å². The zero-order chi connectivity index (χ0) is 24.1. The van der Waals surface area contributed by atoms with Gasteiger partial charge in [0.15, 0.2) is 6.61 Å². The van der Waals surface area contributed by atoms with Gasteiger partial charge in [0.2, 0.25) is 0 Å². The Morgan fingerprint density at radius 1 is 0.938 bits per heavy atom. The predicted octanol–water partition coefficient (Wildman–Crippen LogP) is 0.901. The molecule has 0 aliphatic carbocycles. The second-order valence-electron chi connectivity index (χ2n) is 6.30. The van der Waals surface area contributed by atoms with Gasteiger partial charge >= 0.3 is 59.5 Å². The molecule has 0 N–H and O–H groups in total. The first-order valence-electron chi connectivity index (χ1n) is 9.06. The van der Waals surface area contributed by atoms with Crippen molar-refractivity contribution >= 4 is 24.0 Å². The Labute approximate surface area is 206 Å². The third-order valence-electron chi connectivity index (χ3n) is 3.77. The Balaban J connectivity index is 0. The molecule has 7 nitrogen and oxygen atoms in total. The van der Waals surface area contributed by atoms with Crippen molar-refractivity contribution in [3.63, 3.8) is 0 Å². The Hall–Kier alpha value is -0.320. The first kappa shape index (κ1) is 33.9. The molecule has 1 atom stereocenters. The Kier molecular flexibility index (Phi) is 17.3. The van der Waals surface area contributed by atoms with Crippen LogP contribution in [0.15, 0.2) is 0 Å². The van der Waals surface area contributed by atoms with Gasteiger partial charge in [-0.25, -0.2) is 0 Å². The summed E-state index contributed by atoms with van der Waals surface area (Å²) in [4.78, 5) is 23.5. The van der Waals surface area contributed by atoms with Crippen LogP contribution in [0.5, 0.6) is 0 Å². The SMILES string of the molecule is CCCCCCCCOC(=O)CC(SOO[O-])C(=O)OCC(F)(F)C(F)(F)C(F)(F)F.[Na+]. The number of halogens is 7. The molecule has 0 rings (SSSR count). The van der Waals surface area contributed by atoms with Crippen LogP contribution in [-0.2, 0) is 28.4 Å². The topological polar surface area (TPSA) is 94.1 Å². The number of ether oxygens (including phenoxy) is 2. The van der Waals surface area contributed by atoms with Crippen LogP contribution in [0.1, 0.15) is 51.9 Å². The molecule has 0 aromatic rings. The maximum absolute atomic E-state index is 13.2. The monoisotopic (exact) mass is 514 g/mol. The van der Waals surface area contributed by atoms with Gasteiger partial charge in [0.1, 0.15) is 5.25 Å². The van der Waals surface area contributed by atoms with E-state index in [2.05, 4.69) is 14.1 Å². The molecule has 0 aromatic carbocycles. The van der Waals surface area contributed by atoms with Gasteiger partial charge in [0.25, 0.3) is 0 Å². The molecule has 0 aliphatic heterocycles. The van der Waals surface area contributed by atoms with Crippen LogP contribution in [0.3, 0.4) is 0 Å². The summed E-state index contributed by atoms with van der Waals surface area (Å²) in [5.41, 5.74) is 0. The fraction of sp³-hybridized carbons (Fsp3) is 0.875. The van der Waals surface area contributed by atoms with Gasteiger partial charge in [-0.2, -0.15) is 35.1 Å². The molecule has 0 aromatic heterocycles. The molecule has 0 amide bonds. The quantitative estimate of drug-likeness (QED) is 0.0571. The van der Waals surface area contributed by atoms with E-state index in [4.69, 9.17) is 4.74 Å². The third-order valence-corrected chi connectivity index (χ3v) is 4.50. The van der Waals surface area contributed by atoms with E-state index in [1.54, 1.807) is 0 Å². The summed E-state index contributed by atoms with van der Waals surface area (Å²) in [6, 6.07) is 0. The fourth-order valence-electron chi connectivity index (χ4n) is 2.05. The number of rotatable bonds is 16. The van der Waals surface area contributed by atoms with Crippen molar-refractivity contribution in [3.05, 3.63) is 0 Å². The van der Waals surface area contributed by atoms with Crippen molar-refractivity contribution in [3.8, 4) is 0 Å². The van der Waals surface area contributed by atoms with Crippen LogP contribution in [0.2, 0.25) is 0 Å². The number of alkyl halides is 7. The van der Waals surface area contributed by atoms with Gasteiger partial charge < -0.3 is 14.7 Å². The van der Waals surface area contributed by atoms with E-state index in [0.29, 0.717) is 6.42 Å². The molecule has 0 aliphatic rings. The minimum atomic E-state index is -6.60. The van der Waals surface area contributed by atoms with Gasteiger partial charge in [0.05, 0.1) is 13.0 Å². The normalized spacial score (nSPS) is 13.3. The van der Waals surface area contributed by atoms with Crippen LogP contribution in [-0.4, -0.2) is 48.4 Å². The molecule has 0 heterocycles. The van der Waals surface area contributed by atoms with E-state index in [0.717, 1.165) is 32.1 Å². The van der Waals surface area contributed by atoms with E-state index in [-0.39, 0.29) is 48.2 Å². The minimum absolute atomic E-state index is 0. The van der Waals surface area contributed by atoms with Crippen molar-refractivity contribution in [2.24, 2.45) is 0 Å². The molecule has 16 heteroatoms. The molecular weight excluding hydrogens is 492 g/mol. The van der Waals surface area contributed by atoms with Crippen molar-refractivity contribution in [2.45, 2.75) is 75.1 Å². The number of unbranched alkanes of at least 4 members (excludes halogenated alkanes) is 5. The van der Waals surface area contributed by atoms with Crippen LogP contribution in [0.25, 0.3) is 0 Å². The zero-order valence-corrected chi connectivity index (χ0v) is 20.2. The Morgan fingerprint density at radius 3 is 2.03 bits per heavy atom. The second-order valence-corrected chi connectivity index (χ2v) is 7.20.